The average molecular weight is 313 g/mol. The molecule has 0 aromatic heterocycles. The Hall–Kier alpha value is -1.79. The molecule has 1 saturated carbocycles. The van der Waals surface area contributed by atoms with Crippen LogP contribution in [0.25, 0.3) is 0 Å². The van der Waals surface area contributed by atoms with E-state index in [9.17, 15) is 9.59 Å². The van der Waals surface area contributed by atoms with Gasteiger partial charge in [-0.15, -0.1) is 12.4 Å². The number of benzene rings is 1. The molecule has 116 valence electrons. The Kier molecular flexibility index (Phi) is 6.45. The molecule has 0 aliphatic heterocycles. The van der Waals surface area contributed by atoms with Gasteiger partial charge in [-0.05, 0) is 44.0 Å². The largest absolute Gasteiger partial charge is 0.335 e. The number of carbonyl (C=O) groups excluding carboxylic acids is 2. The molecule has 0 bridgehead atoms. The summed E-state index contributed by atoms with van der Waals surface area (Å²) in [4.78, 5) is 23.1. The van der Waals surface area contributed by atoms with Crippen molar-refractivity contribution >= 4 is 35.7 Å². The maximum Gasteiger partial charge on any atom is 0.319 e. The third-order valence-electron chi connectivity index (χ3n) is 2.85. The molecule has 0 heterocycles. The van der Waals surface area contributed by atoms with Crippen LogP contribution in [0.4, 0.5) is 16.2 Å². The molecule has 1 aliphatic rings. The Labute approximate surface area is 130 Å². The summed E-state index contributed by atoms with van der Waals surface area (Å²) in [6.45, 7) is 1.78. The van der Waals surface area contributed by atoms with Gasteiger partial charge in [-0.2, -0.15) is 0 Å². The Morgan fingerprint density at radius 1 is 1.19 bits per heavy atom. The van der Waals surface area contributed by atoms with Crippen molar-refractivity contribution in [1.29, 1.82) is 0 Å². The van der Waals surface area contributed by atoms with Crippen LogP contribution in [0.2, 0.25) is 0 Å². The molecule has 1 atom stereocenters. The maximum absolute atomic E-state index is 11.5. The zero-order chi connectivity index (χ0) is 14.5. The molecule has 5 N–H and O–H groups in total. The molecule has 7 heteroatoms. The number of nitrogens with one attached hydrogen (secondary N) is 3. The number of rotatable bonds is 5. The van der Waals surface area contributed by atoms with E-state index in [0.717, 1.165) is 12.8 Å². The van der Waals surface area contributed by atoms with Crippen LogP contribution >= 0.6 is 12.4 Å². The molecule has 0 saturated heterocycles. The van der Waals surface area contributed by atoms with Gasteiger partial charge in [-0.1, -0.05) is 0 Å². The van der Waals surface area contributed by atoms with E-state index in [2.05, 4.69) is 16.0 Å². The van der Waals surface area contributed by atoms with E-state index in [1.165, 1.54) is 0 Å². The number of anilines is 2. The van der Waals surface area contributed by atoms with Crippen LogP contribution in [-0.4, -0.2) is 24.0 Å². The fourth-order valence-corrected chi connectivity index (χ4v) is 1.72. The minimum absolute atomic E-state index is 0. The molecule has 3 amide bonds. The third-order valence-corrected chi connectivity index (χ3v) is 2.85. The number of carbonyl (C=O) groups is 2. The lowest BCUT2D eigenvalue weighted by molar-refractivity contribution is -0.116. The van der Waals surface area contributed by atoms with Gasteiger partial charge in [0.1, 0.15) is 0 Å². The highest BCUT2D eigenvalue weighted by Gasteiger charge is 2.23. The monoisotopic (exact) mass is 312 g/mol. The lowest BCUT2D eigenvalue weighted by atomic mass is 10.2. The second-order valence-electron chi connectivity index (χ2n) is 5.18. The Bertz CT molecular complexity index is 449. The molecule has 0 radical (unpaired) electrons. The van der Waals surface area contributed by atoms with Gasteiger partial charge < -0.3 is 21.7 Å². The van der Waals surface area contributed by atoms with E-state index < -0.39 is 0 Å². The summed E-state index contributed by atoms with van der Waals surface area (Å²) in [5.74, 6) is -0.118. The zero-order valence-electron chi connectivity index (χ0n) is 11.9. The normalized spacial score (nSPS) is 14.6. The summed E-state index contributed by atoms with van der Waals surface area (Å²) < 4.78 is 0. The van der Waals surface area contributed by atoms with Crippen LogP contribution in [0.1, 0.15) is 26.2 Å². The van der Waals surface area contributed by atoms with Gasteiger partial charge in [0.05, 0.1) is 0 Å². The van der Waals surface area contributed by atoms with Crippen LogP contribution in [0.5, 0.6) is 0 Å². The van der Waals surface area contributed by atoms with Gasteiger partial charge in [0, 0.05) is 29.9 Å². The molecule has 1 aliphatic carbocycles. The fourth-order valence-electron chi connectivity index (χ4n) is 1.72. The van der Waals surface area contributed by atoms with Crippen LogP contribution in [0, 0.1) is 0 Å². The van der Waals surface area contributed by atoms with Gasteiger partial charge in [0.2, 0.25) is 5.91 Å². The van der Waals surface area contributed by atoms with Crippen molar-refractivity contribution in [3.05, 3.63) is 24.3 Å². The first-order chi connectivity index (χ1) is 9.52. The SMILES string of the molecule is CC(N)CC(=O)Nc1ccc(NC(=O)NC2CC2)cc1.Cl. The van der Waals surface area contributed by atoms with Crippen molar-refractivity contribution in [1.82, 2.24) is 5.32 Å². The Morgan fingerprint density at radius 2 is 1.71 bits per heavy atom. The fraction of sp³-hybridized carbons (Fsp3) is 0.429. The molecule has 1 unspecified atom stereocenters. The number of nitrogens with two attached hydrogens (primary N) is 1. The number of urea groups is 1. The van der Waals surface area contributed by atoms with Crippen molar-refractivity contribution < 1.29 is 9.59 Å². The first-order valence-corrected chi connectivity index (χ1v) is 6.76. The van der Waals surface area contributed by atoms with E-state index >= 15 is 0 Å². The van der Waals surface area contributed by atoms with E-state index in [0.29, 0.717) is 17.4 Å². The summed E-state index contributed by atoms with van der Waals surface area (Å²) in [6.07, 6.45) is 2.39. The van der Waals surface area contributed by atoms with Gasteiger partial charge in [-0.3, -0.25) is 4.79 Å². The second kappa shape index (κ2) is 7.85. The number of amides is 3. The predicted molar refractivity (Wildman–Crippen MR) is 85.8 cm³/mol. The van der Waals surface area contributed by atoms with Crippen LogP contribution < -0.4 is 21.7 Å². The summed E-state index contributed by atoms with van der Waals surface area (Å²) in [6, 6.07) is 6.94. The van der Waals surface area contributed by atoms with E-state index in [1.807, 2.05) is 0 Å². The second-order valence-corrected chi connectivity index (χ2v) is 5.18. The standard InChI is InChI=1S/C14H20N4O2.ClH/c1-9(15)8-13(19)16-10-2-4-11(5-3-10)17-14(20)18-12-6-7-12;/h2-5,9,12H,6-8,15H2,1H3,(H,16,19)(H2,17,18,20);1H. The minimum atomic E-state index is -0.193. The summed E-state index contributed by atoms with van der Waals surface area (Å²) in [5.41, 5.74) is 6.93. The average Bonchev–Trinajstić information content (AvgIpc) is 3.14. The molecule has 21 heavy (non-hydrogen) atoms. The molecular weight excluding hydrogens is 292 g/mol. The van der Waals surface area contributed by atoms with E-state index in [1.54, 1.807) is 31.2 Å². The molecular formula is C14H21ClN4O2. The van der Waals surface area contributed by atoms with Gasteiger partial charge in [0.25, 0.3) is 0 Å². The smallest absolute Gasteiger partial charge is 0.319 e. The Balaban J connectivity index is 0.00000220. The first-order valence-electron chi connectivity index (χ1n) is 6.76. The summed E-state index contributed by atoms with van der Waals surface area (Å²) >= 11 is 0. The van der Waals surface area contributed by atoms with Crippen molar-refractivity contribution in [2.45, 2.75) is 38.3 Å². The van der Waals surface area contributed by atoms with Gasteiger partial charge >= 0.3 is 6.03 Å². The van der Waals surface area contributed by atoms with Crippen LogP contribution in [0.3, 0.4) is 0 Å². The topological polar surface area (TPSA) is 96.2 Å². The number of hydrogen-bond acceptors (Lipinski definition) is 3. The molecule has 1 aromatic carbocycles. The van der Waals surface area contributed by atoms with Crippen LogP contribution in [0.15, 0.2) is 24.3 Å². The third kappa shape index (κ3) is 6.46. The molecule has 0 spiro atoms. The predicted octanol–water partition coefficient (Wildman–Crippen LogP) is 2.07. The van der Waals surface area contributed by atoms with Gasteiger partial charge in [-0.25, -0.2) is 4.79 Å². The van der Waals surface area contributed by atoms with Crippen molar-refractivity contribution in [3.63, 3.8) is 0 Å². The molecule has 6 nitrogen and oxygen atoms in total. The van der Waals surface area contributed by atoms with Gasteiger partial charge in [0.15, 0.2) is 0 Å². The van der Waals surface area contributed by atoms with Crippen molar-refractivity contribution in [2.75, 3.05) is 10.6 Å². The molecule has 2 rings (SSSR count). The number of hydrogen-bond donors (Lipinski definition) is 4. The maximum atomic E-state index is 11.5. The Morgan fingerprint density at radius 3 is 2.19 bits per heavy atom. The first kappa shape index (κ1) is 17.3. The highest BCUT2D eigenvalue weighted by molar-refractivity contribution is 5.92. The van der Waals surface area contributed by atoms with Crippen molar-refractivity contribution in [2.24, 2.45) is 5.73 Å². The molecule has 1 fully saturated rings. The van der Waals surface area contributed by atoms with E-state index in [-0.39, 0.29) is 36.8 Å². The zero-order valence-corrected chi connectivity index (χ0v) is 12.7. The highest BCUT2D eigenvalue weighted by Crippen LogP contribution is 2.19. The summed E-state index contributed by atoms with van der Waals surface area (Å²) in [7, 11) is 0. The lowest BCUT2D eigenvalue weighted by Crippen LogP contribution is -2.30. The summed E-state index contributed by atoms with van der Waals surface area (Å²) in [5, 5.41) is 8.33. The van der Waals surface area contributed by atoms with Crippen molar-refractivity contribution in [3.8, 4) is 0 Å². The number of halogens is 1. The van der Waals surface area contributed by atoms with E-state index in [4.69, 9.17) is 5.73 Å². The molecule has 1 aromatic rings. The highest BCUT2D eigenvalue weighted by atomic mass is 35.5. The quantitative estimate of drug-likeness (QED) is 0.670. The lowest BCUT2D eigenvalue weighted by Gasteiger charge is -2.09. The van der Waals surface area contributed by atoms with Crippen LogP contribution in [-0.2, 0) is 4.79 Å². The minimum Gasteiger partial charge on any atom is -0.335 e.